The summed E-state index contributed by atoms with van der Waals surface area (Å²) in [5.41, 5.74) is 1.52. The first-order valence-electron chi connectivity index (χ1n) is 6.78. The average Bonchev–Trinajstić information content (AvgIpc) is 2.51. The minimum Gasteiger partial charge on any atom is -0.339 e. The Kier molecular flexibility index (Phi) is 5.27. The van der Waals surface area contributed by atoms with Gasteiger partial charge in [0.1, 0.15) is 0 Å². The van der Waals surface area contributed by atoms with Crippen molar-refractivity contribution in [2.45, 2.75) is 13.8 Å². The molecule has 0 fully saturated rings. The summed E-state index contributed by atoms with van der Waals surface area (Å²) in [6, 6.07) is 7.31. The molecule has 21 heavy (non-hydrogen) atoms. The number of carbonyl (C=O) groups excluding carboxylic acids is 1. The van der Waals surface area contributed by atoms with Gasteiger partial charge >= 0.3 is 0 Å². The van der Waals surface area contributed by atoms with Crippen molar-refractivity contribution < 1.29 is 4.79 Å². The van der Waals surface area contributed by atoms with Crippen molar-refractivity contribution in [3.05, 3.63) is 46.7 Å². The molecule has 0 aliphatic rings. The molecular formula is C15H17BrN4O. The molecule has 0 spiro atoms. The third-order valence-electron chi connectivity index (χ3n) is 3.06. The van der Waals surface area contributed by atoms with Crippen LogP contribution in [0.5, 0.6) is 0 Å². The summed E-state index contributed by atoms with van der Waals surface area (Å²) in [7, 11) is 0. The van der Waals surface area contributed by atoms with Crippen molar-refractivity contribution in [3.8, 4) is 0 Å². The van der Waals surface area contributed by atoms with Gasteiger partial charge in [-0.2, -0.15) is 0 Å². The highest BCUT2D eigenvalue weighted by atomic mass is 79.9. The Hall–Kier alpha value is -1.95. The number of hydrogen-bond acceptors (Lipinski definition) is 4. The first kappa shape index (κ1) is 15.4. The molecule has 0 radical (unpaired) electrons. The quantitative estimate of drug-likeness (QED) is 0.898. The van der Waals surface area contributed by atoms with Crippen LogP contribution >= 0.6 is 15.9 Å². The lowest BCUT2D eigenvalue weighted by Crippen LogP contribution is -2.30. The van der Waals surface area contributed by atoms with Crippen molar-refractivity contribution in [3.63, 3.8) is 0 Å². The van der Waals surface area contributed by atoms with Crippen molar-refractivity contribution in [2.75, 3.05) is 18.4 Å². The van der Waals surface area contributed by atoms with Crippen LogP contribution in [-0.4, -0.2) is 33.9 Å². The van der Waals surface area contributed by atoms with Gasteiger partial charge in [-0.25, -0.2) is 9.97 Å². The molecule has 0 aliphatic heterocycles. The molecule has 2 aromatic rings. The molecule has 1 aromatic heterocycles. The second-order valence-electron chi connectivity index (χ2n) is 4.40. The Labute approximate surface area is 132 Å². The normalized spacial score (nSPS) is 10.2. The van der Waals surface area contributed by atoms with Crippen molar-refractivity contribution >= 4 is 33.5 Å². The fourth-order valence-electron chi connectivity index (χ4n) is 1.90. The molecule has 1 amide bonds. The lowest BCUT2D eigenvalue weighted by atomic mass is 10.2. The number of aromatic nitrogens is 2. The van der Waals surface area contributed by atoms with Crippen molar-refractivity contribution in [1.29, 1.82) is 0 Å². The van der Waals surface area contributed by atoms with Gasteiger partial charge in [0.15, 0.2) is 0 Å². The number of hydrogen-bond donors (Lipinski definition) is 1. The van der Waals surface area contributed by atoms with Gasteiger partial charge in [0, 0.05) is 36.7 Å². The van der Waals surface area contributed by atoms with E-state index >= 15 is 0 Å². The summed E-state index contributed by atoms with van der Waals surface area (Å²) in [5, 5.41) is 3.09. The summed E-state index contributed by atoms with van der Waals surface area (Å²) >= 11 is 3.29. The minimum atomic E-state index is 0.0476. The zero-order valence-electron chi connectivity index (χ0n) is 12.0. The van der Waals surface area contributed by atoms with Crippen LogP contribution in [-0.2, 0) is 0 Å². The van der Waals surface area contributed by atoms with Crippen LogP contribution in [0.2, 0.25) is 0 Å². The molecule has 0 aliphatic carbocycles. The van der Waals surface area contributed by atoms with Gasteiger partial charge < -0.3 is 10.2 Å². The lowest BCUT2D eigenvalue weighted by molar-refractivity contribution is 0.0773. The topological polar surface area (TPSA) is 58.1 Å². The fourth-order valence-corrected chi connectivity index (χ4v) is 2.10. The fraction of sp³-hybridized carbons (Fsp3) is 0.267. The molecule has 0 unspecified atom stereocenters. The Balaban J connectivity index is 2.08. The molecule has 5 nitrogen and oxygen atoms in total. The van der Waals surface area contributed by atoms with Gasteiger partial charge in [-0.05, 0) is 54.0 Å². The standard InChI is InChI=1S/C15H17BrN4O/c1-3-20(4-2)14(21)11-5-7-13(8-6-11)19-15-17-9-12(16)10-18-15/h5-10H,3-4H2,1-2H3,(H,17,18,19). The molecule has 1 N–H and O–H groups in total. The molecule has 6 heteroatoms. The second kappa shape index (κ2) is 7.17. The Morgan fingerprint density at radius 2 is 1.71 bits per heavy atom. The van der Waals surface area contributed by atoms with Crippen LogP contribution in [0, 0.1) is 0 Å². The molecule has 0 saturated heterocycles. The molecule has 1 heterocycles. The van der Waals surface area contributed by atoms with E-state index in [-0.39, 0.29) is 5.91 Å². The van der Waals surface area contributed by atoms with Gasteiger partial charge in [-0.15, -0.1) is 0 Å². The van der Waals surface area contributed by atoms with E-state index in [1.807, 2.05) is 38.1 Å². The van der Waals surface area contributed by atoms with Crippen molar-refractivity contribution in [1.82, 2.24) is 14.9 Å². The summed E-state index contributed by atoms with van der Waals surface area (Å²) < 4.78 is 0.827. The Bertz CT molecular complexity index is 594. The maximum atomic E-state index is 12.2. The zero-order valence-corrected chi connectivity index (χ0v) is 13.6. The van der Waals surface area contributed by atoms with E-state index < -0.39 is 0 Å². The van der Waals surface area contributed by atoms with Gasteiger partial charge in [0.2, 0.25) is 5.95 Å². The van der Waals surface area contributed by atoms with Gasteiger partial charge in [0.05, 0.1) is 4.47 Å². The summed E-state index contributed by atoms with van der Waals surface area (Å²) in [4.78, 5) is 22.3. The predicted octanol–water partition coefficient (Wildman–Crippen LogP) is 3.46. The first-order chi connectivity index (χ1) is 10.1. The maximum Gasteiger partial charge on any atom is 0.253 e. The molecule has 1 aromatic carbocycles. The maximum absolute atomic E-state index is 12.2. The van der Waals surface area contributed by atoms with Crippen LogP contribution in [0.25, 0.3) is 0 Å². The highest BCUT2D eigenvalue weighted by molar-refractivity contribution is 9.10. The van der Waals surface area contributed by atoms with E-state index in [0.29, 0.717) is 24.6 Å². The van der Waals surface area contributed by atoms with Crippen molar-refractivity contribution in [2.24, 2.45) is 0 Å². The average molecular weight is 349 g/mol. The number of nitrogens with zero attached hydrogens (tertiary/aromatic N) is 3. The molecule has 2 rings (SSSR count). The SMILES string of the molecule is CCN(CC)C(=O)c1ccc(Nc2ncc(Br)cn2)cc1. The van der Waals surface area contributed by atoms with Crippen LogP contribution in [0.1, 0.15) is 24.2 Å². The predicted molar refractivity (Wildman–Crippen MR) is 86.7 cm³/mol. The number of amides is 1. The highest BCUT2D eigenvalue weighted by Crippen LogP contribution is 2.16. The molecule has 0 saturated carbocycles. The number of carbonyl (C=O) groups is 1. The van der Waals surface area contributed by atoms with Crippen LogP contribution in [0.15, 0.2) is 41.1 Å². The monoisotopic (exact) mass is 348 g/mol. The zero-order chi connectivity index (χ0) is 15.2. The first-order valence-corrected chi connectivity index (χ1v) is 7.57. The second-order valence-corrected chi connectivity index (χ2v) is 5.32. The molecule has 0 bridgehead atoms. The van der Waals surface area contributed by atoms with E-state index in [1.165, 1.54) is 0 Å². The van der Waals surface area contributed by atoms with Crippen LogP contribution < -0.4 is 5.32 Å². The number of halogens is 1. The van der Waals surface area contributed by atoms with Gasteiger partial charge in [-0.3, -0.25) is 4.79 Å². The third-order valence-corrected chi connectivity index (χ3v) is 3.47. The number of rotatable bonds is 5. The molecule has 110 valence electrons. The highest BCUT2D eigenvalue weighted by Gasteiger charge is 2.11. The smallest absolute Gasteiger partial charge is 0.253 e. The van der Waals surface area contributed by atoms with E-state index in [0.717, 1.165) is 10.2 Å². The van der Waals surface area contributed by atoms with E-state index in [2.05, 4.69) is 31.2 Å². The lowest BCUT2D eigenvalue weighted by Gasteiger charge is -2.18. The summed E-state index contributed by atoms with van der Waals surface area (Å²) in [5.74, 6) is 0.562. The molecular weight excluding hydrogens is 332 g/mol. The van der Waals surface area contributed by atoms with E-state index in [4.69, 9.17) is 0 Å². The third kappa shape index (κ3) is 4.01. The van der Waals surface area contributed by atoms with Gasteiger partial charge in [-0.1, -0.05) is 0 Å². The summed E-state index contributed by atoms with van der Waals surface area (Å²) in [6.45, 7) is 5.37. The largest absolute Gasteiger partial charge is 0.339 e. The van der Waals surface area contributed by atoms with E-state index in [1.54, 1.807) is 17.3 Å². The molecule has 0 atom stereocenters. The summed E-state index contributed by atoms with van der Waals surface area (Å²) in [6.07, 6.45) is 3.35. The number of nitrogens with one attached hydrogen (secondary N) is 1. The minimum absolute atomic E-state index is 0.0476. The Morgan fingerprint density at radius 1 is 1.14 bits per heavy atom. The number of anilines is 2. The van der Waals surface area contributed by atoms with Gasteiger partial charge in [0.25, 0.3) is 5.91 Å². The number of benzene rings is 1. The van der Waals surface area contributed by atoms with Crippen LogP contribution in [0.4, 0.5) is 11.6 Å². The van der Waals surface area contributed by atoms with Crippen LogP contribution in [0.3, 0.4) is 0 Å². The van der Waals surface area contributed by atoms with E-state index in [9.17, 15) is 4.79 Å². The Morgan fingerprint density at radius 3 is 2.24 bits per heavy atom.